The molecule has 2 aromatic carbocycles. The normalized spacial score (nSPS) is 20.4. The van der Waals surface area contributed by atoms with Crippen LogP contribution in [0.25, 0.3) is 11.1 Å². The second kappa shape index (κ2) is 9.02. The van der Waals surface area contributed by atoms with Crippen molar-refractivity contribution >= 4 is 18.0 Å². The zero-order chi connectivity index (χ0) is 22.8. The van der Waals surface area contributed by atoms with Gasteiger partial charge in [0.25, 0.3) is 0 Å². The fraction of sp³-hybridized carbons (Fsp3) is 0.400. The first kappa shape index (κ1) is 21.9. The topological polar surface area (TPSA) is 95.9 Å². The predicted molar refractivity (Wildman–Crippen MR) is 119 cm³/mol. The zero-order valence-electron chi connectivity index (χ0n) is 18.3. The van der Waals surface area contributed by atoms with Gasteiger partial charge in [-0.25, -0.2) is 4.79 Å². The molecule has 0 radical (unpaired) electrons. The molecule has 7 nitrogen and oxygen atoms in total. The number of carboxylic acid groups (broad SMARTS) is 1. The first-order chi connectivity index (χ1) is 15.3. The minimum absolute atomic E-state index is 0.0240. The summed E-state index contributed by atoms with van der Waals surface area (Å²) in [5, 5.41) is 12.0. The molecule has 0 unspecified atom stereocenters. The molecule has 1 aliphatic carbocycles. The van der Waals surface area contributed by atoms with Crippen LogP contribution in [-0.2, 0) is 14.3 Å². The first-order valence-electron chi connectivity index (χ1n) is 11.0. The lowest BCUT2D eigenvalue weighted by atomic mass is 9.98. The smallest absolute Gasteiger partial charge is 0.407 e. The van der Waals surface area contributed by atoms with E-state index in [1.807, 2.05) is 31.2 Å². The van der Waals surface area contributed by atoms with Crippen molar-refractivity contribution in [3.8, 4) is 11.1 Å². The van der Waals surface area contributed by atoms with Crippen LogP contribution in [0.15, 0.2) is 48.5 Å². The largest absolute Gasteiger partial charge is 0.481 e. The van der Waals surface area contributed by atoms with E-state index in [0.29, 0.717) is 6.54 Å². The number of carbonyl (C=O) groups excluding carboxylic acids is 2. The number of benzene rings is 2. The Morgan fingerprint density at radius 2 is 1.66 bits per heavy atom. The number of fused-ring (bicyclic) bond motifs is 3. The van der Waals surface area contributed by atoms with E-state index in [1.165, 1.54) is 0 Å². The van der Waals surface area contributed by atoms with E-state index >= 15 is 0 Å². The number of nitrogens with zero attached hydrogens (tertiary/aromatic N) is 1. The molecule has 32 heavy (non-hydrogen) atoms. The molecule has 0 aromatic heterocycles. The highest BCUT2D eigenvalue weighted by atomic mass is 16.5. The molecule has 1 fully saturated rings. The average Bonchev–Trinajstić information content (AvgIpc) is 3.30. The fourth-order valence-corrected chi connectivity index (χ4v) is 4.78. The third-order valence-electron chi connectivity index (χ3n) is 6.47. The number of aliphatic carboxylic acids is 1. The van der Waals surface area contributed by atoms with Crippen molar-refractivity contribution in [1.29, 1.82) is 0 Å². The van der Waals surface area contributed by atoms with Gasteiger partial charge in [0, 0.05) is 31.5 Å². The fourth-order valence-electron chi connectivity index (χ4n) is 4.78. The summed E-state index contributed by atoms with van der Waals surface area (Å²) in [4.78, 5) is 37.8. The lowest BCUT2D eigenvalue weighted by molar-refractivity contribution is -0.142. The van der Waals surface area contributed by atoms with Crippen molar-refractivity contribution in [1.82, 2.24) is 10.2 Å². The lowest BCUT2D eigenvalue weighted by Crippen LogP contribution is -2.39. The summed E-state index contributed by atoms with van der Waals surface area (Å²) in [6.45, 7) is 4.43. The molecule has 1 saturated heterocycles. The molecule has 2 amide bonds. The summed E-state index contributed by atoms with van der Waals surface area (Å²) < 4.78 is 5.53. The zero-order valence-corrected chi connectivity index (χ0v) is 18.3. The van der Waals surface area contributed by atoms with Gasteiger partial charge in [-0.2, -0.15) is 0 Å². The summed E-state index contributed by atoms with van der Waals surface area (Å²) >= 11 is 0. The second-order valence-corrected chi connectivity index (χ2v) is 8.80. The maximum Gasteiger partial charge on any atom is 0.407 e. The third kappa shape index (κ3) is 4.33. The van der Waals surface area contributed by atoms with E-state index in [9.17, 15) is 19.5 Å². The van der Waals surface area contributed by atoms with E-state index in [1.54, 1.807) is 11.8 Å². The Kier molecular flexibility index (Phi) is 6.17. The Morgan fingerprint density at radius 1 is 1.06 bits per heavy atom. The molecule has 3 atom stereocenters. The number of likely N-dealkylation sites (tertiary alicyclic amines) is 1. The SMILES string of the molecule is C[C@@H](CC(=O)N1C[C@H](C(=O)O)[C@@H](C)C1)NC(=O)OCC1c2ccccc2-c2ccccc21. The van der Waals surface area contributed by atoms with Crippen molar-refractivity contribution in [2.75, 3.05) is 19.7 Å². The van der Waals surface area contributed by atoms with Crippen LogP contribution in [0.4, 0.5) is 4.79 Å². The number of amides is 2. The van der Waals surface area contributed by atoms with E-state index in [0.717, 1.165) is 22.3 Å². The van der Waals surface area contributed by atoms with Crippen LogP contribution in [-0.4, -0.2) is 53.7 Å². The second-order valence-electron chi connectivity index (χ2n) is 8.80. The third-order valence-corrected chi connectivity index (χ3v) is 6.47. The first-order valence-corrected chi connectivity index (χ1v) is 11.0. The molecule has 1 heterocycles. The molecule has 1 aliphatic heterocycles. The molecule has 2 aliphatic rings. The van der Waals surface area contributed by atoms with Crippen molar-refractivity contribution in [2.24, 2.45) is 11.8 Å². The Bertz CT molecular complexity index is 991. The highest BCUT2D eigenvalue weighted by molar-refractivity contribution is 5.81. The highest BCUT2D eigenvalue weighted by Gasteiger charge is 2.37. The van der Waals surface area contributed by atoms with Gasteiger partial charge in [-0.1, -0.05) is 55.5 Å². The van der Waals surface area contributed by atoms with Crippen LogP contribution in [0.1, 0.15) is 37.3 Å². The van der Waals surface area contributed by atoms with Crippen molar-refractivity contribution in [2.45, 2.75) is 32.2 Å². The van der Waals surface area contributed by atoms with Gasteiger partial charge < -0.3 is 20.1 Å². The number of hydrogen-bond acceptors (Lipinski definition) is 4. The van der Waals surface area contributed by atoms with Gasteiger partial charge >= 0.3 is 12.1 Å². The summed E-state index contributed by atoms with van der Waals surface area (Å²) in [7, 11) is 0. The summed E-state index contributed by atoms with van der Waals surface area (Å²) in [6.07, 6.45) is -0.464. The van der Waals surface area contributed by atoms with Gasteiger partial charge in [0.05, 0.1) is 5.92 Å². The number of alkyl carbamates (subject to hydrolysis) is 1. The summed E-state index contributed by atoms with van der Waals surface area (Å²) in [5.74, 6) is -1.68. The monoisotopic (exact) mass is 436 g/mol. The average molecular weight is 437 g/mol. The van der Waals surface area contributed by atoms with Gasteiger partial charge in [-0.05, 0) is 35.1 Å². The number of nitrogens with one attached hydrogen (secondary N) is 1. The minimum atomic E-state index is -0.877. The maximum absolute atomic E-state index is 12.5. The Balaban J connectivity index is 1.30. The molecule has 7 heteroatoms. The standard InChI is InChI=1S/C25H28N2O5/c1-15-12-27(13-21(15)24(29)30)23(28)11-16(2)26-25(31)32-14-22-19-9-5-3-7-17(19)18-8-4-6-10-20(18)22/h3-10,15-16,21-22H,11-14H2,1-2H3,(H,26,31)(H,29,30)/t15-,16-,21-/m0/s1. The summed E-state index contributed by atoms with van der Waals surface area (Å²) in [6, 6.07) is 15.8. The highest BCUT2D eigenvalue weighted by Crippen LogP contribution is 2.44. The molecule has 0 saturated carbocycles. The number of rotatable bonds is 6. The maximum atomic E-state index is 12.5. The van der Waals surface area contributed by atoms with Gasteiger partial charge in [0.1, 0.15) is 6.61 Å². The van der Waals surface area contributed by atoms with E-state index in [2.05, 4.69) is 29.6 Å². The predicted octanol–water partition coefficient (Wildman–Crippen LogP) is 3.48. The van der Waals surface area contributed by atoms with E-state index in [4.69, 9.17) is 4.74 Å². The van der Waals surface area contributed by atoms with Gasteiger partial charge in [0.15, 0.2) is 0 Å². The van der Waals surface area contributed by atoms with Crippen molar-refractivity contribution in [3.05, 3.63) is 59.7 Å². The Labute approximate surface area is 187 Å². The van der Waals surface area contributed by atoms with Crippen LogP contribution in [0.3, 0.4) is 0 Å². The molecule has 2 aromatic rings. The van der Waals surface area contributed by atoms with Crippen LogP contribution in [0.5, 0.6) is 0 Å². The number of hydrogen-bond donors (Lipinski definition) is 2. The lowest BCUT2D eigenvalue weighted by Gasteiger charge is -2.20. The van der Waals surface area contributed by atoms with Gasteiger partial charge in [-0.15, -0.1) is 0 Å². The number of carboxylic acids is 1. The van der Waals surface area contributed by atoms with Crippen LogP contribution in [0.2, 0.25) is 0 Å². The summed E-state index contributed by atoms with van der Waals surface area (Å²) in [5.41, 5.74) is 4.60. The van der Waals surface area contributed by atoms with Crippen LogP contribution in [0, 0.1) is 11.8 Å². The van der Waals surface area contributed by atoms with E-state index in [-0.39, 0.29) is 37.3 Å². The molecular weight excluding hydrogens is 408 g/mol. The van der Waals surface area contributed by atoms with Crippen molar-refractivity contribution < 1.29 is 24.2 Å². The van der Waals surface area contributed by atoms with Crippen LogP contribution < -0.4 is 5.32 Å². The van der Waals surface area contributed by atoms with E-state index < -0.39 is 24.0 Å². The van der Waals surface area contributed by atoms with Gasteiger partial charge in [-0.3, -0.25) is 9.59 Å². The molecule has 168 valence electrons. The Hall–Kier alpha value is -3.35. The molecular formula is C25H28N2O5. The van der Waals surface area contributed by atoms with Crippen LogP contribution >= 0.6 is 0 Å². The quantitative estimate of drug-likeness (QED) is 0.723. The number of carbonyl (C=O) groups is 3. The molecule has 4 rings (SSSR count). The molecule has 0 spiro atoms. The van der Waals surface area contributed by atoms with Crippen molar-refractivity contribution in [3.63, 3.8) is 0 Å². The van der Waals surface area contributed by atoms with Gasteiger partial charge in [0.2, 0.25) is 5.91 Å². The number of ether oxygens (including phenoxy) is 1. The molecule has 0 bridgehead atoms. The minimum Gasteiger partial charge on any atom is -0.481 e. The molecule has 2 N–H and O–H groups in total. The Morgan fingerprint density at radius 3 is 2.22 bits per heavy atom.